The maximum Gasteiger partial charge on any atom is 0.354 e. The van der Waals surface area contributed by atoms with Crippen LogP contribution in [0.15, 0.2) is 84.4 Å². The Morgan fingerprint density at radius 1 is 0.875 bits per heavy atom. The van der Waals surface area contributed by atoms with Crippen molar-refractivity contribution in [1.29, 1.82) is 5.26 Å². The zero-order valence-electron chi connectivity index (χ0n) is 18.0. The first-order valence-electron chi connectivity index (χ1n) is 10.5. The maximum absolute atomic E-state index is 12.4. The van der Waals surface area contributed by atoms with Crippen LogP contribution in [0, 0.1) is 11.3 Å². The van der Waals surface area contributed by atoms with Crippen molar-refractivity contribution in [3.63, 3.8) is 0 Å². The molecular weight excluding hydrogens is 402 g/mol. The second-order valence-corrected chi connectivity index (χ2v) is 7.08. The normalized spacial score (nSPS) is 10.8. The third kappa shape index (κ3) is 7.03. The number of esters is 1. The molecule has 32 heavy (non-hydrogen) atoms. The van der Waals surface area contributed by atoms with E-state index in [0.29, 0.717) is 30.3 Å². The molecule has 0 aromatic heterocycles. The summed E-state index contributed by atoms with van der Waals surface area (Å²) in [5.41, 5.74) is 1.69. The van der Waals surface area contributed by atoms with Crippen molar-refractivity contribution < 1.29 is 19.0 Å². The highest BCUT2D eigenvalue weighted by molar-refractivity contribution is 5.99. The molecule has 0 atom stereocenters. The second-order valence-electron chi connectivity index (χ2n) is 7.08. The van der Waals surface area contributed by atoms with E-state index in [2.05, 4.69) is 6.92 Å². The minimum Gasteiger partial charge on any atom is -0.494 e. The number of ether oxygens (including phenoxy) is 3. The summed E-state index contributed by atoms with van der Waals surface area (Å²) in [6, 6.07) is 25.7. The molecule has 3 aromatic rings. The highest BCUT2D eigenvalue weighted by atomic mass is 16.5. The lowest BCUT2D eigenvalue weighted by molar-refractivity contribution is -0.129. The van der Waals surface area contributed by atoms with E-state index in [1.807, 2.05) is 48.5 Å². The summed E-state index contributed by atoms with van der Waals surface area (Å²) in [7, 11) is 0. The number of carbonyl (C=O) groups excluding carboxylic acids is 1. The van der Waals surface area contributed by atoms with Crippen molar-refractivity contribution in [1.82, 2.24) is 0 Å². The molecule has 3 rings (SSSR count). The highest BCUT2D eigenvalue weighted by Gasteiger charge is 2.12. The number of rotatable bonds is 10. The minimum atomic E-state index is -0.714. The summed E-state index contributed by atoms with van der Waals surface area (Å²) < 4.78 is 16.7. The highest BCUT2D eigenvalue weighted by Crippen LogP contribution is 2.20. The average molecular weight is 428 g/mol. The van der Waals surface area contributed by atoms with Gasteiger partial charge in [-0.1, -0.05) is 55.8 Å². The first-order valence-corrected chi connectivity index (χ1v) is 10.5. The Morgan fingerprint density at radius 2 is 1.50 bits per heavy atom. The van der Waals surface area contributed by atoms with Gasteiger partial charge in [0.1, 0.15) is 35.5 Å². The van der Waals surface area contributed by atoms with E-state index in [1.165, 1.54) is 6.08 Å². The van der Waals surface area contributed by atoms with Crippen molar-refractivity contribution in [2.24, 2.45) is 0 Å². The molecule has 0 spiro atoms. The van der Waals surface area contributed by atoms with Gasteiger partial charge in [-0.2, -0.15) is 5.26 Å². The molecule has 0 saturated heterocycles. The fourth-order valence-electron chi connectivity index (χ4n) is 2.80. The molecule has 0 bridgehead atoms. The third-order valence-corrected chi connectivity index (χ3v) is 4.58. The van der Waals surface area contributed by atoms with Crippen LogP contribution in [-0.4, -0.2) is 12.6 Å². The quantitative estimate of drug-likeness (QED) is 0.131. The average Bonchev–Trinajstić information content (AvgIpc) is 2.84. The van der Waals surface area contributed by atoms with Crippen LogP contribution in [0.5, 0.6) is 17.2 Å². The second kappa shape index (κ2) is 12.0. The number of hydrogen-bond acceptors (Lipinski definition) is 5. The van der Waals surface area contributed by atoms with Crippen LogP contribution in [0.25, 0.3) is 6.08 Å². The predicted molar refractivity (Wildman–Crippen MR) is 123 cm³/mol. The lowest BCUT2D eigenvalue weighted by Crippen LogP contribution is -2.10. The predicted octanol–water partition coefficient (Wildman–Crippen LogP) is 5.96. The number of unbranched alkanes of at least 4 members (excludes halogenated alkanes) is 1. The van der Waals surface area contributed by atoms with E-state index < -0.39 is 5.97 Å². The van der Waals surface area contributed by atoms with E-state index in [4.69, 9.17) is 14.2 Å². The largest absolute Gasteiger partial charge is 0.494 e. The van der Waals surface area contributed by atoms with Crippen molar-refractivity contribution in [2.75, 3.05) is 6.61 Å². The minimum absolute atomic E-state index is 0.0888. The Bertz CT molecular complexity index is 1070. The number of benzene rings is 3. The molecule has 0 aliphatic heterocycles. The SMILES string of the molecule is CCCCOc1ccc(/C=C(\C#N)C(=O)Oc2ccc(OCc3ccccc3)cc2)cc1. The molecule has 0 radical (unpaired) electrons. The molecule has 5 heteroatoms. The first-order chi connectivity index (χ1) is 15.7. The van der Waals surface area contributed by atoms with E-state index in [-0.39, 0.29) is 5.57 Å². The van der Waals surface area contributed by atoms with Crippen LogP contribution in [0.1, 0.15) is 30.9 Å². The fourth-order valence-corrected chi connectivity index (χ4v) is 2.80. The van der Waals surface area contributed by atoms with Crippen LogP contribution in [0.4, 0.5) is 0 Å². The Morgan fingerprint density at radius 3 is 2.16 bits per heavy atom. The lowest BCUT2D eigenvalue weighted by Gasteiger charge is -2.08. The van der Waals surface area contributed by atoms with E-state index in [0.717, 1.165) is 24.2 Å². The molecule has 0 aliphatic carbocycles. The summed E-state index contributed by atoms with van der Waals surface area (Å²) in [5, 5.41) is 9.39. The van der Waals surface area contributed by atoms with Crippen molar-refractivity contribution in [2.45, 2.75) is 26.4 Å². The van der Waals surface area contributed by atoms with Crippen molar-refractivity contribution in [3.05, 3.63) is 95.6 Å². The van der Waals surface area contributed by atoms with Gasteiger partial charge in [0.25, 0.3) is 0 Å². The monoisotopic (exact) mass is 427 g/mol. The Balaban J connectivity index is 1.56. The summed E-state index contributed by atoms with van der Waals surface area (Å²) in [5.74, 6) is 1.04. The zero-order chi connectivity index (χ0) is 22.6. The molecule has 0 amide bonds. The summed E-state index contributed by atoms with van der Waals surface area (Å²) >= 11 is 0. The third-order valence-electron chi connectivity index (χ3n) is 4.58. The smallest absolute Gasteiger partial charge is 0.354 e. The number of carbonyl (C=O) groups is 1. The fraction of sp³-hybridized carbons (Fsp3) is 0.185. The van der Waals surface area contributed by atoms with Gasteiger partial charge in [0, 0.05) is 0 Å². The number of nitrogens with zero attached hydrogens (tertiary/aromatic N) is 1. The van der Waals surface area contributed by atoms with Gasteiger partial charge in [0.05, 0.1) is 6.61 Å². The van der Waals surface area contributed by atoms with Gasteiger partial charge in [-0.15, -0.1) is 0 Å². The van der Waals surface area contributed by atoms with E-state index in [9.17, 15) is 10.1 Å². The molecule has 0 fully saturated rings. The molecule has 3 aromatic carbocycles. The van der Waals surface area contributed by atoms with E-state index >= 15 is 0 Å². The van der Waals surface area contributed by atoms with Crippen molar-refractivity contribution in [3.8, 4) is 23.3 Å². The maximum atomic E-state index is 12.4. The van der Waals surface area contributed by atoms with Gasteiger partial charge in [-0.05, 0) is 60.0 Å². The van der Waals surface area contributed by atoms with Gasteiger partial charge in [-0.3, -0.25) is 0 Å². The standard InChI is InChI=1S/C27H25NO4/c1-2-3-17-30-24-11-9-21(10-12-24)18-23(19-28)27(29)32-26-15-13-25(14-16-26)31-20-22-7-5-4-6-8-22/h4-16,18H,2-3,17,20H2,1H3/b23-18+. The summed E-state index contributed by atoms with van der Waals surface area (Å²) in [6.45, 7) is 3.22. The first kappa shape index (κ1) is 22.6. The van der Waals surface area contributed by atoms with Crippen LogP contribution < -0.4 is 14.2 Å². The van der Waals surface area contributed by atoms with Crippen molar-refractivity contribution >= 4 is 12.0 Å². The molecule has 0 unspecified atom stereocenters. The number of hydrogen-bond donors (Lipinski definition) is 0. The van der Waals surface area contributed by atoms with E-state index in [1.54, 1.807) is 36.4 Å². The molecule has 0 aliphatic rings. The van der Waals surface area contributed by atoms with Gasteiger partial charge in [0.15, 0.2) is 0 Å². The van der Waals surface area contributed by atoms with Crippen LogP contribution >= 0.6 is 0 Å². The molecule has 0 N–H and O–H groups in total. The Labute approximate surface area is 188 Å². The molecule has 0 heterocycles. The molecule has 0 saturated carbocycles. The zero-order valence-corrected chi connectivity index (χ0v) is 18.0. The van der Waals surface area contributed by atoms with Gasteiger partial charge in [0.2, 0.25) is 0 Å². The van der Waals surface area contributed by atoms with Crippen LogP contribution in [0.2, 0.25) is 0 Å². The number of nitriles is 1. The topological polar surface area (TPSA) is 68.5 Å². The molecule has 5 nitrogen and oxygen atoms in total. The van der Waals surface area contributed by atoms with Gasteiger partial charge < -0.3 is 14.2 Å². The van der Waals surface area contributed by atoms with Gasteiger partial charge >= 0.3 is 5.97 Å². The van der Waals surface area contributed by atoms with Gasteiger partial charge in [-0.25, -0.2) is 4.79 Å². The Hall–Kier alpha value is -4.04. The summed E-state index contributed by atoms with van der Waals surface area (Å²) in [4.78, 5) is 12.4. The molecule has 162 valence electrons. The molecular formula is C27H25NO4. The Kier molecular flexibility index (Phi) is 8.47. The lowest BCUT2D eigenvalue weighted by atomic mass is 10.1. The van der Waals surface area contributed by atoms with Crippen LogP contribution in [0.3, 0.4) is 0 Å². The van der Waals surface area contributed by atoms with Crippen LogP contribution in [-0.2, 0) is 11.4 Å². The summed E-state index contributed by atoms with van der Waals surface area (Å²) in [6.07, 6.45) is 3.56.